The van der Waals surface area contributed by atoms with E-state index in [0.29, 0.717) is 17.6 Å². The Morgan fingerprint density at radius 1 is 1.31 bits per heavy atom. The highest BCUT2D eigenvalue weighted by atomic mass is 16.1. The zero-order chi connectivity index (χ0) is 11.1. The van der Waals surface area contributed by atoms with Crippen LogP contribution < -0.4 is 0 Å². The van der Waals surface area contributed by atoms with Crippen LogP contribution in [0.5, 0.6) is 0 Å². The van der Waals surface area contributed by atoms with Crippen molar-refractivity contribution in [2.24, 2.45) is 11.8 Å². The van der Waals surface area contributed by atoms with Crippen LogP contribution in [-0.4, -0.2) is 5.78 Å². The summed E-state index contributed by atoms with van der Waals surface area (Å²) in [7, 11) is 0. The molecule has 3 atom stereocenters. The third-order valence-electron chi connectivity index (χ3n) is 4.19. The number of carbonyl (C=O) groups is 1. The van der Waals surface area contributed by atoms with E-state index in [0.717, 1.165) is 19.3 Å². The van der Waals surface area contributed by atoms with Crippen molar-refractivity contribution in [3.8, 4) is 0 Å². The summed E-state index contributed by atoms with van der Waals surface area (Å²) in [6.45, 7) is 2.19. The minimum absolute atomic E-state index is 0.208. The zero-order valence-corrected chi connectivity index (χ0v) is 9.78. The molecule has 1 heteroatoms. The van der Waals surface area contributed by atoms with Crippen molar-refractivity contribution in [3.05, 3.63) is 35.4 Å². The summed E-state index contributed by atoms with van der Waals surface area (Å²) < 4.78 is 0. The van der Waals surface area contributed by atoms with Gasteiger partial charge in [-0.25, -0.2) is 0 Å². The van der Waals surface area contributed by atoms with E-state index < -0.39 is 0 Å². The predicted molar refractivity (Wildman–Crippen MR) is 64.4 cm³/mol. The molecule has 16 heavy (non-hydrogen) atoms. The summed E-state index contributed by atoms with van der Waals surface area (Å²) in [5.41, 5.74) is 2.72. The second-order valence-corrected chi connectivity index (χ2v) is 5.37. The lowest BCUT2D eigenvalue weighted by atomic mass is 9.79. The Morgan fingerprint density at radius 3 is 2.81 bits per heavy atom. The van der Waals surface area contributed by atoms with Gasteiger partial charge in [0.05, 0.1) is 0 Å². The summed E-state index contributed by atoms with van der Waals surface area (Å²) in [4.78, 5) is 12.3. The summed E-state index contributed by atoms with van der Waals surface area (Å²) >= 11 is 0. The molecule has 3 unspecified atom stereocenters. The van der Waals surface area contributed by atoms with Gasteiger partial charge in [0.25, 0.3) is 0 Å². The van der Waals surface area contributed by atoms with Crippen molar-refractivity contribution in [3.63, 3.8) is 0 Å². The van der Waals surface area contributed by atoms with E-state index in [2.05, 4.69) is 31.2 Å². The molecule has 0 spiro atoms. The van der Waals surface area contributed by atoms with Crippen molar-refractivity contribution in [2.45, 2.75) is 38.5 Å². The Balaban J connectivity index is 1.90. The fraction of sp³-hybridized carbons (Fsp3) is 0.533. The van der Waals surface area contributed by atoms with Crippen molar-refractivity contribution in [1.29, 1.82) is 0 Å². The first-order valence-corrected chi connectivity index (χ1v) is 6.39. The Kier molecular flexibility index (Phi) is 2.34. The Bertz CT molecular complexity index is 421. The lowest BCUT2D eigenvalue weighted by Crippen LogP contribution is -2.20. The SMILES string of the molecule is CC1CC1C(=O)C1CCCc2ccccc21. The smallest absolute Gasteiger partial charge is 0.143 e. The minimum atomic E-state index is 0.208. The van der Waals surface area contributed by atoms with Crippen LogP contribution in [-0.2, 0) is 11.2 Å². The fourth-order valence-corrected chi connectivity index (χ4v) is 3.03. The molecule has 1 aromatic rings. The molecule has 0 bridgehead atoms. The van der Waals surface area contributed by atoms with Crippen molar-refractivity contribution < 1.29 is 4.79 Å². The molecule has 0 amide bonds. The maximum Gasteiger partial charge on any atom is 0.143 e. The van der Waals surface area contributed by atoms with Gasteiger partial charge in [-0.05, 0) is 42.7 Å². The zero-order valence-electron chi connectivity index (χ0n) is 9.78. The third kappa shape index (κ3) is 1.59. The molecule has 0 N–H and O–H groups in total. The van der Waals surface area contributed by atoms with Gasteiger partial charge in [0.2, 0.25) is 0 Å². The van der Waals surface area contributed by atoms with Crippen LogP contribution in [0.1, 0.15) is 43.2 Å². The molecule has 0 aromatic heterocycles. The first-order chi connectivity index (χ1) is 7.77. The highest BCUT2D eigenvalue weighted by Crippen LogP contribution is 2.44. The predicted octanol–water partition coefficient (Wildman–Crippen LogP) is 3.33. The Morgan fingerprint density at radius 2 is 2.06 bits per heavy atom. The molecule has 1 fully saturated rings. The maximum absolute atomic E-state index is 12.3. The number of hydrogen-bond acceptors (Lipinski definition) is 1. The molecule has 0 saturated heterocycles. The lowest BCUT2D eigenvalue weighted by molar-refractivity contribution is -0.122. The Labute approximate surface area is 96.9 Å². The van der Waals surface area contributed by atoms with Crippen LogP contribution >= 0.6 is 0 Å². The van der Waals surface area contributed by atoms with Crippen LogP contribution in [0.15, 0.2) is 24.3 Å². The molecule has 1 nitrogen and oxygen atoms in total. The topological polar surface area (TPSA) is 17.1 Å². The molecule has 2 aliphatic carbocycles. The van der Waals surface area contributed by atoms with Gasteiger partial charge in [-0.3, -0.25) is 4.79 Å². The van der Waals surface area contributed by atoms with Gasteiger partial charge in [-0.1, -0.05) is 31.2 Å². The first kappa shape index (κ1) is 10.1. The quantitative estimate of drug-likeness (QED) is 0.738. The molecule has 2 aliphatic rings. The molecule has 0 aliphatic heterocycles. The molecule has 1 saturated carbocycles. The van der Waals surface area contributed by atoms with Gasteiger partial charge in [0.1, 0.15) is 5.78 Å². The van der Waals surface area contributed by atoms with Crippen molar-refractivity contribution >= 4 is 5.78 Å². The minimum Gasteiger partial charge on any atom is -0.299 e. The summed E-state index contributed by atoms with van der Waals surface area (Å²) in [5, 5.41) is 0. The van der Waals surface area contributed by atoms with Crippen LogP contribution in [0.25, 0.3) is 0 Å². The highest BCUT2D eigenvalue weighted by molar-refractivity contribution is 5.90. The molecule has 3 rings (SSSR count). The summed E-state index contributed by atoms with van der Waals surface area (Å²) in [6.07, 6.45) is 4.52. The maximum atomic E-state index is 12.3. The van der Waals surface area contributed by atoms with E-state index in [4.69, 9.17) is 0 Å². The van der Waals surface area contributed by atoms with Gasteiger partial charge < -0.3 is 0 Å². The lowest BCUT2D eigenvalue weighted by Gasteiger charge is -2.24. The number of benzene rings is 1. The molecular weight excluding hydrogens is 196 g/mol. The van der Waals surface area contributed by atoms with Crippen molar-refractivity contribution in [1.82, 2.24) is 0 Å². The first-order valence-electron chi connectivity index (χ1n) is 6.39. The average Bonchev–Trinajstić information content (AvgIpc) is 3.05. The summed E-state index contributed by atoms with van der Waals surface area (Å²) in [5.74, 6) is 1.73. The third-order valence-corrected chi connectivity index (χ3v) is 4.19. The molecular formula is C15H18O. The number of aryl methyl sites for hydroxylation is 1. The second kappa shape index (κ2) is 3.73. The van der Waals surface area contributed by atoms with Crippen LogP contribution in [0.3, 0.4) is 0 Å². The molecule has 0 heterocycles. The molecule has 0 radical (unpaired) electrons. The van der Waals surface area contributed by atoms with Gasteiger partial charge >= 0.3 is 0 Å². The normalized spacial score (nSPS) is 31.9. The van der Waals surface area contributed by atoms with Gasteiger partial charge in [0.15, 0.2) is 0 Å². The van der Waals surface area contributed by atoms with Crippen molar-refractivity contribution in [2.75, 3.05) is 0 Å². The largest absolute Gasteiger partial charge is 0.299 e. The van der Waals surface area contributed by atoms with E-state index in [9.17, 15) is 4.79 Å². The van der Waals surface area contributed by atoms with Gasteiger partial charge in [0, 0.05) is 11.8 Å². The Hall–Kier alpha value is -1.11. The fourth-order valence-electron chi connectivity index (χ4n) is 3.03. The highest BCUT2D eigenvalue weighted by Gasteiger charge is 2.43. The van der Waals surface area contributed by atoms with Crippen LogP contribution in [0.2, 0.25) is 0 Å². The average molecular weight is 214 g/mol. The number of hydrogen-bond donors (Lipinski definition) is 0. The summed E-state index contributed by atoms with van der Waals surface area (Å²) in [6, 6.07) is 8.50. The molecule has 1 aromatic carbocycles. The van der Waals surface area contributed by atoms with E-state index in [-0.39, 0.29) is 5.92 Å². The van der Waals surface area contributed by atoms with E-state index in [1.54, 1.807) is 0 Å². The van der Waals surface area contributed by atoms with E-state index in [1.807, 2.05) is 0 Å². The monoisotopic (exact) mass is 214 g/mol. The number of fused-ring (bicyclic) bond motifs is 1. The van der Waals surface area contributed by atoms with Gasteiger partial charge in [-0.2, -0.15) is 0 Å². The van der Waals surface area contributed by atoms with E-state index >= 15 is 0 Å². The number of Topliss-reactive ketones (excluding diaryl/α,β-unsaturated/α-hetero) is 1. The van der Waals surface area contributed by atoms with Crippen LogP contribution in [0, 0.1) is 11.8 Å². The number of ketones is 1. The standard InChI is InChI=1S/C15H18O/c1-10-9-14(10)15(16)13-8-4-6-11-5-2-3-7-12(11)13/h2-3,5,7,10,13-14H,4,6,8-9H2,1H3. The second-order valence-electron chi connectivity index (χ2n) is 5.37. The number of carbonyl (C=O) groups excluding carboxylic acids is 1. The number of rotatable bonds is 2. The van der Waals surface area contributed by atoms with Crippen LogP contribution in [0.4, 0.5) is 0 Å². The van der Waals surface area contributed by atoms with Gasteiger partial charge in [-0.15, -0.1) is 0 Å². The van der Waals surface area contributed by atoms with E-state index in [1.165, 1.54) is 17.5 Å². The molecule has 84 valence electrons.